The lowest BCUT2D eigenvalue weighted by molar-refractivity contribution is -0.209. The van der Waals surface area contributed by atoms with Crippen LogP contribution in [0.15, 0.2) is 61.3 Å². The van der Waals surface area contributed by atoms with E-state index in [-0.39, 0.29) is 17.8 Å². The number of aryl methyl sites for hydroxylation is 1. The molecule has 1 N–H and O–H groups in total. The molecule has 1 aliphatic heterocycles. The third-order valence-corrected chi connectivity index (χ3v) is 5.57. The molecular weight excluding hydrogens is 408 g/mol. The summed E-state index contributed by atoms with van der Waals surface area (Å²) in [6, 6.07) is 11.5. The Labute approximate surface area is 184 Å². The molecule has 4 aromatic rings. The number of benzene rings is 1. The summed E-state index contributed by atoms with van der Waals surface area (Å²) in [4.78, 5) is 33.5. The number of aromatic nitrogens is 4. The normalized spacial score (nSPS) is 14.3. The van der Waals surface area contributed by atoms with Crippen molar-refractivity contribution in [2.45, 2.75) is 19.8 Å². The van der Waals surface area contributed by atoms with E-state index in [2.05, 4.69) is 15.4 Å². The van der Waals surface area contributed by atoms with Crippen molar-refractivity contribution in [1.29, 1.82) is 0 Å². The van der Waals surface area contributed by atoms with Crippen LogP contribution in [0.4, 0.5) is 5.69 Å². The Hall–Kier alpha value is -3.98. The van der Waals surface area contributed by atoms with Crippen LogP contribution in [0.25, 0.3) is 11.2 Å². The van der Waals surface area contributed by atoms with Crippen LogP contribution in [0.3, 0.4) is 0 Å². The number of nitrogens with zero attached hydrogens (tertiary/aromatic N) is 5. The monoisotopic (exact) mass is 430 g/mol. The lowest BCUT2D eigenvalue weighted by atomic mass is 10.00. The first kappa shape index (κ1) is 20.0. The molecule has 0 saturated carbocycles. The lowest BCUT2D eigenvalue weighted by Gasteiger charge is -2.35. The second-order valence-electron chi connectivity index (χ2n) is 7.87. The number of hydroxylamine groups is 2. The second-order valence-corrected chi connectivity index (χ2v) is 7.87. The quantitative estimate of drug-likeness (QED) is 0.523. The zero-order valence-electron chi connectivity index (χ0n) is 17.7. The van der Waals surface area contributed by atoms with Crippen LogP contribution < -0.4 is 5.32 Å². The molecule has 1 aromatic carbocycles. The molecule has 3 aromatic heterocycles. The molecule has 1 amide bonds. The second kappa shape index (κ2) is 7.93. The van der Waals surface area contributed by atoms with E-state index < -0.39 is 0 Å². The Bertz CT molecular complexity index is 1320. The van der Waals surface area contributed by atoms with E-state index in [1.807, 2.05) is 60.3 Å². The van der Waals surface area contributed by atoms with Crippen molar-refractivity contribution in [3.05, 3.63) is 78.1 Å². The van der Waals surface area contributed by atoms with Crippen LogP contribution in [0.1, 0.15) is 34.5 Å². The van der Waals surface area contributed by atoms with Crippen LogP contribution in [-0.4, -0.2) is 49.2 Å². The topological polar surface area (TPSA) is 93.8 Å². The van der Waals surface area contributed by atoms with Crippen LogP contribution in [-0.2, 0) is 9.63 Å². The lowest BCUT2D eigenvalue weighted by Crippen LogP contribution is -2.45. The molecule has 0 atom stereocenters. The van der Waals surface area contributed by atoms with Gasteiger partial charge in [0.25, 0.3) is 5.91 Å². The number of nitrogens with one attached hydrogen (secondary N) is 1. The predicted octanol–water partition coefficient (Wildman–Crippen LogP) is 2.96. The number of amides is 1. The molecule has 1 saturated heterocycles. The van der Waals surface area contributed by atoms with Gasteiger partial charge in [0.05, 0.1) is 29.3 Å². The molecular formula is C23H22N6O3. The van der Waals surface area contributed by atoms with E-state index in [1.54, 1.807) is 22.1 Å². The van der Waals surface area contributed by atoms with Gasteiger partial charge in [0, 0.05) is 49.7 Å². The minimum Gasteiger partial charge on any atom is -0.368 e. The zero-order valence-corrected chi connectivity index (χ0v) is 17.7. The van der Waals surface area contributed by atoms with Crippen molar-refractivity contribution in [1.82, 2.24) is 24.2 Å². The van der Waals surface area contributed by atoms with E-state index in [9.17, 15) is 9.59 Å². The Morgan fingerprint density at radius 3 is 2.84 bits per heavy atom. The van der Waals surface area contributed by atoms with E-state index in [4.69, 9.17) is 4.84 Å². The minimum absolute atomic E-state index is 0.210. The van der Waals surface area contributed by atoms with Crippen molar-refractivity contribution in [2.24, 2.45) is 0 Å². The summed E-state index contributed by atoms with van der Waals surface area (Å²) in [5, 5.41) is 8.88. The average molecular weight is 430 g/mol. The first-order chi connectivity index (χ1) is 15.5. The molecule has 4 heterocycles. The minimum atomic E-state index is -0.313. The first-order valence-electron chi connectivity index (χ1n) is 10.3. The maximum atomic E-state index is 12.9. The number of anilines is 1. The molecule has 9 nitrogen and oxygen atoms in total. The molecule has 32 heavy (non-hydrogen) atoms. The standard InChI is InChI=1S/C23H22N6O3/c1-15-6-7-18(27-13-21(24-14-27)17-11-28(12-17)32-16(2)30)9-20(15)26-23(31)19-10-25-29-8-4-3-5-22(19)29/h3-10,13-14,17H,11-12H2,1-2H3,(H,26,31). The van der Waals surface area contributed by atoms with Gasteiger partial charge in [-0.1, -0.05) is 12.1 Å². The largest absolute Gasteiger partial charge is 0.368 e. The van der Waals surface area contributed by atoms with Crippen molar-refractivity contribution < 1.29 is 14.4 Å². The van der Waals surface area contributed by atoms with Gasteiger partial charge in [0.15, 0.2) is 0 Å². The Balaban J connectivity index is 1.33. The number of hydrogen-bond acceptors (Lipinski definition) is 6. The Morgan fingerprint density at radius 2 is 2.03 bits per heavy atom. The fourth-order valence-electron chi connectivity index (χ4n) is 3.78. The highest BCUT2D eigenvalue weighted by Crippen LogP contribution is 2.27. The fraction of sp³-hybridized carbons (Fsp3) is 0.217. The van der Waals surface area contributed by atoms with E-state index in [0.29, 0.717) is 18.7 Å². The van der Waals surface area contributed by atoms with Gasteiger partial charge in [-0.2, -0.15) is 5.10 Å². The summed E-state index contributed by atoms with van der Waals surface area (Å²) in [6.07, 6.45) is 7.11. The van der Waals surface area contributed by atoms with Crippen LogP contribution in [0, 0.1) is 6.92 Å². The van der Waals surface area contributed by atoms with Gasteiger partial charge in [-0.3, -0.25) is 9.59 Å². The third kappa shape index (κ3) is 3.74. The molecule has 0 unspecified atom stereocenters. The van der Waals surface area contributed by atoms with Gasteiger partial charge in [-0.25, -0.2) is 9.50 Å². The number of pyridine rings is 1. The molecule has 5 rings (SSSR count). The molecule has 9 heteroatoms. The summed E-state index contributed by atoms with van der Waals surface area (Å²) in [7, 11) is 0. The number of rotatable bonds is 5. The SMILES string of the molecule is CC(=O)ON1CC(c2cn(-c3ccc(C)c(NC(=O)c4cnn5ccccc45)c3)cn2)C1. The summed E-state index contributed by atoms with van der Waals surface area (Å²) < 4.78 is 3.60. The summed E-state index contributed by atoms with van der Waals surface area (Å²) in [5.41, 5.74) is 4.77. The summed E-state index contributed by atoms with van der Waals surface area (Å²) in [6.45, 7) is 4.61. The number of imidazole rings is 1. The first-order valence-corrected chi connectivity index (χ1v) is 10.3. The molecule has 0 radical (unpaired) electrons. The Morgan fingerprint density at radius 1 is 1.19 bits per heavy atom. The van der Waals surface area contributed by atoms with Gasteiger partial charge in [0.1, 0.15) is 0 Å². The molecule has 0 bridgehead atoms. The van der Waals surface area contributed by atoms with Gasteiger partial charge >= 0.3 is 5.97 Å². The van der Waals surface area contributed by atoms with Crippen LogP contribution in [0.2, 0.25) is 0 Å². The number of carbonyl (C=O) groups excluding carboxylic acids is 2. The van der Waals surface area contributed by atoms with Gasteiger partial charge < -0.3 is 14.7 Å². The van der Waals surface area contributed by atoms with Gasteiger partial charge in [-0.15, -0.1) is 5.06 Å². The van der Waals surface area contributed by atoms with E-state index >= 15 is 0 Å². The van der Waals surface area contributed by atoms with Crippen molar-refractivity contribution >= 4 is 23.1 Å². The highest BCUT2D eigenvalue weighted by molar-refractivity contribution is 6.09. The molecule has 1 fully saturated rings. The Kier molecular flexibility index (Phi) is 4.95. The van der Waals surface area contributed by atoms with Crippen molar-refractivity contribution in [3.63, 3.8) is 0 Å². The average Bonchev–Trinajstić information content (AvgIpc) is 3.39. The molecule has 0 spiro atoms. The van der Waals surface area contributed by atoms with Crippen LogP contribution in [0.5, 0.6) is 0 Å². The zero-order chi connectivity index (χ0) is 22.2. The van der Waals surface area contributed by atoms with Gasteiger partial charge in [0.2, 0.25) is 0 Å². The maximum absolute atomic E-state index is 12.9. The summed E-state index contributed by atoms with van der Waals surface area (Å²) >= 11 is 0. The molecule has 0 aliphatic carbocycles. The molecule has 162 valence electrons. The van der Waals surface area contributed by atoms with Crippen molar-refractivity contribution in [3.8, 4) is 5.69 Å². The highest BCUT2D eigenvalue weighted by Gasteiger charge is 2.32. The molecule has 1 aliphatic rings. The predicted molar refractivity (Wildman–Crippen MR) is 118 cm³/mol. The van der Waals surface area contributed by atoms with E-state index in [1.165, 1.54) is 6.92 Å². The third-order valence-electron chi connectivity index (χ3n) is 5.57. The van der Waals surface area contributed by atoms with E-state index in [0.717, 1.165) is 28.1 Å². The fourth-order valence-corrected chi connectivity index (χ4v) is 3.78. The number of hydrogen-bond donors (Lipinski definition) is 1. The number of fused-ring (bicyclic) bond motifs is 1. The number of carbonyl (C=O) groups is 2. The maximum Gasteiger partial charge on any atom is 0.322 e. The smallest absolute Gasteiger partial charge is 0.322 e. The van der Waals surface area contributed by atoms with Crippen molar-refractivity contribution in [2.75, 3.05) is 18.4 Å². The van der Waals surface area contributed by atoms with Gasteiger partial charge in [-0.05, 0) is 36.8 Å². The summed E-state index contributed by atoms with van der Waals surface area (Å²) in [5.74, 6) is -0.305. The highest BCUT2D eigenvalue weighted by atomic mass is 16.7. The van der Waals surface area contributed by atoms with Crippen LogP contribution >= 0.6 is 0 Å².